The van der Waals surface area contributed by atoms with E-state index in [-0.39, 0.29) is 12.1 Å². The smallest absolute Gasteiger partial charge is 0.329 e. The molecule has 33 heavy (non-hydrogen) atoms. The van der Waals surface area contributed by atoms with Crippen LogP contribution in [0, 0.1) is 10.1 Å². The summed E-state index contributed by atoms with van der Waals surface area (Å²) in [4.78, 5) is 59.5. The Balaban J connectivity index is 2.22. The molecule has 0 bridgehead atoms. The lowest BCUT2D eigenvalue weighted by Gasteiger charge is -2.26. The van der Waals surface area contributed by atoms with Crippen LogP contribution in [0.5, 0.6) is 0 Å². The van der Waals surface area contributed by atoms with E-state index in [4.69, 9.17) is 9.47 Å². The number of ether oxygens (including phenoxy) is 2. The van der Waals surface area contributed by atoms with Gasteiger partial charge < -0.3 is 20.1 Å². The monoisotopic (exact) mass is 457 g/mol. The maximum Gasteiger partial charge on any atom is 0.329 e. The molecule has 0 unspecified atom stereocenters. The summed E-state index contributed by atoms with van der Waals surface area (Å²) in [6.07, 6.45) is -0.315. The van der Waals surface area contributed by atoms with Gasteiger partial charge in [0.05, 0.1) is 32.1 Å². The average molecular weight is 457 g/mol. The zero-order chi connectivity index (χ0) is 24.4. The molecule has 0 heterocycles. The van der Waals surface area contributed by atoms with Gasteiger partial charge in [-0.25, -0.2) is 4.79 Å². The summed E-state index contributed by atoms with van der Waals surface area (Å²) in [6.45, 7) is -0.438. The predicted molar refractivity (Wildman–Crippen MR) is 115 cm³/mol. The lowest BCUT2D eigenvalue weighted by Crippen LogP contribution is -2.49. The van der Waals surface area contributed by atoms with Gasteiger partial charge in [0, 0.05) is 23.6 Å². The molecule has 0 saturated carbocycles. The second-order valence-corrected chi connectivity index (χ2v) is 6.85. The number of carbonyl (C=O) groups excluding carboxylic acids is 4. The number of rotatable bonds is 10. The van der Waals surface area contributed by atoms with Gasteiger partial charge in [0.2, 0.25) is 5.91 Å². The highest BCUT2D eigenvalue weighted by atomic mass is 16.6. The van der Waals surface area contributed by atoms with Crippen molar-refractivity contribution in [2.75, 3.05) is 20.8 Å². The van der Waals surface area contributed by atoms with Crippen LogP contribution in [0.4, 0.5) is 5.69 Å². The Kier molecular flexibility index (Phi) is 9.04. The minimum absolute atomic E-state index is 0.183. The third kappa shape index (κ3) is 7.13. The lowest BCUT2D eigenvalue weighted by atomic mass is 9.88. The Morgan fingerprint density at radius 3 is 2.15 bits per heavy atom. The number of non-ortho nitro benzene ring substituents is 1. The fourth-order valence-electron chi connectivity index (χ4n) is 3.06. The molecule has 0 aliphatic heterocycles. The first-order chi connectivity index (χ1) is 15.8. The summed E-state index contributed by atoms with van der Waals surface area (Å²) < 4.78 is 9.48. The Bertz CT molecular complexity index is 1010. The van der Waals surface area contributed by atoms with Crippen LogP contribution in [0.15, 0.2) is 54.6 Å². The molecular formula is C22H23N3O8. The molecular weight excluding hydrogens is 434 g/mol. The topological polar surface area (TPSA) is 154 Å². The summed E-state index contributed by atoms with van der Waals surface area (Å²) in [6, 6.07) is 12.1. The second-order valence-electron chi connectivity index (χ2n) is 6.85. The number of hydrogen-bond donors (Lipinski definition) is 2. The summed E-state index contributed by atoms with van der Waals surface area (Å²) in [7, 11) is 2.28. The highest BCUT2D eigenvalue weighted by Crippen LogP contribution is 2.27. The molecule has 2 aromatic carbocycles. The van der Waals surface area contributed by atoms with Gasteiger partial charge >= 0.3 is 11.9 Å². The Morgan fingerprint density at radius 2 is 1.61 bits per heavy atom. The summed E-state index contributed by atoms with van der Waals surface area (Å²) in [5, 5.41) is 15.8. The van der Waals surface area contributed by atoms with Crippen molar-refractivity contribution in [3.8, 4) is 0 Å². The molecule has 0 fully saturated rings. The summed E-state index contributed by atoms with van der Waals surface area (Å²) in [5.41, 5.74) is 0.539. The zero-order valence-corrected chi connectivity index (χ0v) is 18.0. The van der Waals surface area contributed by atoms with Crippen LogP contribution in [0.3, 0.4) is 0 Å². The van der Waals surface area contributed by atoms with Gasteiger partial charge in [-0.05, 0) is 17.7 Å². The highest BCUT2D eigenvalue weighted by molar-refractivity contribution is 5.97. The number of nitro benzene ring substituents is 1. The first kappa shape index (κ1) is 25.0. The van der Waals surface area contributed by atoms with Gasteiger partial charge in [0.25, 0.3) is 11.6 Å². The summed E-state index contributed by atoms with van der Waals surface area (Å²) >= 11 is 0. The molecule has 11 nitrogen and oxygen atoms in total. The molecule has 11 heteroatoms. The minimum Gasteiger partial charge on any atom is -0.469 e. The van der Waals surface area contributed by atoms with Crippen LogP contribution >= 0.6 is 0 Å². The quantitative estimate of drug-likeness (QED) is 0.308. The second kappa shape index (κ2) is 11.9. The lowest BCUT2D eigenvalue weighted by molar-refractivity contribution is -0.384. The number of nitro groups is 1. The van der Waals surface area contributed by atoms with Crippen molar-refractivity contribution in [2.45, 2.75) is 18.4 Å². The first-order valence-electron chi connectivity index (χ1n) is 9.78. The first-order valence-corrected chi connectivity index (χ1v) is 9.78. The van der Waals surface area contributed by atoms with E-state index in [1.54, 1.807) is 30.3 Å². The third-order valence-corrected chi connectivity index (χ3v) is 4.77. The van der Waals surface area contributed by atoms with E-state index in [9.17, 15) is 29.3 Å². The van der Waals surface area contributed by atoms with Crippen molar-refractivity contribution in [3.63, 3.8) is 0 Å². The van der Waals surface area contributed by atoms with E-state index < -0.39 is 47.2 Å². The van der Waals surface area contributed by atoms with Crippen molar-refractivity contribution >= 4 is 29.4 Å². The van der Waals surface area contributed by atoms with E-state index in [1.807, 2.05) is 0 Å². The van der Waals surface area contributed by atoms with Gasteiger partial charge in [-0.3, -0.25) is 24.5 Å². The molecule has 2 aromatic rings. The maximum absolute atomic E-state index is 12.5. The number of nitrogens with zero attached hydrogens (tertiary/aromatic N) is 1. The molecule has 2 rings (SSSR count). The van der Waals surface area contributed by atoms with E-state index in [1.165, 1.54) is 31.4 Å². The van der Waals surface area contributed by atoms with Crippen LogP contribution in [-0.4, -0.2) is 55.5 Å². The van der Waals surface area contributed by atoms with E-state index >= 15 is 0 Å². The van der Waals surface area contributed by atoms with Gasteiger partial charge in [-0.2, -0.15) is 0 Å². The molecule has 0 spiro atoms. The molecule has 0 aliphatic rings. The molecule has 2 atom stereocenters. The van der Waals surface area contributed by atoms with Crippen LogP contribution in [0.1, 0.15) is 28.3 Å². The van der Waals surface area contributed by atoms with E-state index in [0.717, 1.165) is 7.11 Å². The standard InChI is InChI=1S/C22H23N3O8/c1-32-19(27)12-17(14-8-10-16(11-9-14)25(30)31)20(22(29)33-2)24-18(26)13-23-21(28)15-6-4-3-5-7-15/h3-11,17,20H,12-13H2,1-2H3,(H,23,28)(H,24,26)/t17-,20-/m0/s1. The molecule has 174 valence electrons. The van der Waals surface area contributed by atoms with Crippen molar-refractivity contribution in [3.05, 3.63) is 75.8 Å². The van der Waals surface area contributed by atoms with E-state index in [0.29, 0.717) is 11.1 Å². The minimum atomic E-state index is -1.32. The average Bonchev–Trinajstić information content (AvgIpc) is 2.84. The van der Waals surface area contributed by atoms with Crippen molar-refractivity contribution in [2.24, 2.45) is 0 Å². The van der Waals surface area contributed by atoms with Crippen LogP contribution in [0.25, 0.3) is 0 Å². The van der Waals surface area contributed by atoms with Crippen LogP contribution < -0.4 is 10.6 Å². The zero-order valence-electron chi connectivity index (χ0n) is 18.0. The highest BCUT2D eigenvalue weighted by Gasteiger charge is 2.34. The van der Waals surface area contributed by atoms with Crippen LogP contribution in [-0.2, 0) is 23.9 Å². The largest absolute Gasteiger partial charge is 0.469 e. The number of carbonyl (C=O) groups is 4. The van der Waals surface area contributed by atoms with Gasteiger partial charge in [0.1, 0.15) is 6.04 Å². The number of benzene rings is 2. The van der Waals surface area contributed by atoms with Crippen molar-refractivity contribution in [1.29, 1.82) is 0 Å². The normalized spacial score (nSPS) is 12.1. The molecule has 0 aromatic heterocycles. The van der Waals surface area contributed by atoms with Crippen LogP contribution in [0.2, 0.25) is 0 Å². The van der Waals surface area contributed by atoms with Crippen molar-refractivity contribution in [1.82, 2.24) is 10.6 Å². The Morgan fingerprint density at radius 1 is 0.970 bits per heavy atom. The fraction of sp³-hybridized carbons (Fsp3) is 0.273. The number of esters is 2. The number of hydrogen-bond acceptors (Lipinski definition) is 8. The Hall–Kier alpha value is -4.28. The third-order valence-electron chi connectivity index (χ3n) is 4.77. The molecule has 2 N–H and O–H groups in total. The number of nitrogens with one attached hydrogen (secondary N) is 2. The SMILES string of the molecule is COC(=O)C[C@@H](c1ccc([N+](=O)[O-])cc1)[C@H](NC(=O)CNC(=O)c1ccccc1)C(=O)OC. The van der Waals surface area contributed by atoms with Crippen molar-refractivity contribution < 1.29 is 33.6 Å². The molecule has 0 aliphatic carbocycles. The van der Waals surface area contributed by atoms with Gasteiger partial charge in [0.15, 0.2) is 0 Å². The maximum atomic E-state index is 12.5. The summed E-state index contributed by atoms with van der Waals surface area (Å²) in [5.74, 6) is -3.64. The molecule has 2 amide bonds. The van der Waals surface area contributed by atoms with Gasteiger partial charge in [-0.1, -0.05) is 30.3 Å². The molecule has 0 saturated heterocycles. The predicted octanol–water partition coefficient (Wildman–Crippen LogP) is 1.33. The van der Waals surface area contributed by atoms with Gasteiger partial charge in [-0.15, -0.1) is 0 Å². The number of methoxy groups -OCH3 is 2. The Labute approximate surface area is 189 Å². The fourth-order valence-corrected chi connectivity index (χ4v) is 3.06. The van der Waals surface area contributed by atoms with E-state index in [2.05, 4.69) is 10.6 Å². The number of amides is 2. The molecule has 0 radical (unpaired) electrons.